The zero-order chi connectivity index (χ0) is 13.8. The first-order valence-electron chi connectivity index (χ1n) is 6.23. The van der Waals surface area contributed by atoms with Gasteiger partial charge in [0.05, 0.1) is 5.69 Å². The van der Waals surface area contributed by atoms with Gasteiger partial charge in [0.2, 0.25) is 0 Å². The topological polar surface area (TPSA) is 38.1 Å². The van der Waals surface area contributed by atoms with Crippen LogP contribution < -0.4 is 5.32 Å². The third-order valence-electron chi connectivity index (χ3n) is 2.74. The molecule has 1 aromatic carbocycles. The molecular formula is C14H17BrN2OS. The number of nitrogens with zero attached hydrogens (tertiary/aromatic N) is 1. The van der Waals surface area contributed by atoms with Gasteiger partial charge in [-0.3, -0.25) is 0 Å². The van der Waals surface area contributed by atoms with E-state index >= 15 is 0 Å². The highest BCUT2D eigenvalue weighted by atomic mass is 79.9. The number of hydrogen-bond donors (Lipinski definition) is 1. The molecule has 0 radical (unpaired) electrons. The Morgan fingerprint density at radius 2 is 2.26 bits per heavy atom. The summed E-state index contributed by atoms with van der Waals surface area (Å²) >= 11 is 5.09. The van der Waals surface area contributed by atoms with E-state index in [-0.39, 0.29) is 0 Å². The Labute approximate surface area is 126 Å². The molecule has 102 valence electrons. The van der Waals surface area contributed by atoms with Crippen LogP contribution in [0.3, 0.4) is 0 Å². The number of oxazole rings is 1. The first-order chi connectivity index (χ1) is 9.10. The quantitative estimate of drug-likeness (QED) is 0.865. The van der Waals surface area contributed by atoms with Crippen LogP contribution in [0.2, 0.25) is 0 Å². The van der Waals surface area contributed by atoms with Crippen LogP contribution in [-0.2, 0) is 0 Å². The van der Waals surface area contributed by atoms with E-state index in [0.717, 1.165) is 16.7 Å². The minimum Gasteiger partial charge on any atom is -0.439 e. The van der Waals surface area contributed by atoms with Crippen molar-refractivity contribution in [1.82, 2.24) is 10.3 Å². The molecule has 0 aliphatic heterocycles. The molecule has 0 saturated carbocycles. The maximum atomic E-state index is 5.41. The number of nitrogens with one attached hydrogen (secondary N) is 1. The summed E-state index contributed by atoms with van der Waals surface area (Å²) in [6.07, 6.45) is 1.68. The Kier molecular flexibility index (Phi) is 5.07. The van der Waals surface area contributed by atoms with Gasteiger partial charge in [-0.15, -0.1) is 0 Å². The summed E-state index contributed by atoms with van der Waals surface area (Å²) in [6, 6.07) is 6.57. The maximum Gasteiger partial charge on any atom is 0.260 e. The Morgan fingerprint density at radius 3 is 2.89 bits per heavy atom. The van der Waals surface area contributed by atoms with E-state index in [1.165, 1.54) is 10.5 Å². The largest absolute Gasteiger partial charge is 0.439 e. The molecular weight excluding hydrogens is 324 g/mol. The lowest BCUT2D eigenvalue weighted by Crippen LogP contribution is -2.18. The van der Waals surface area contributed by atoms with E-state index in [2.05, 4.69) is 52.2 Å². The highest BCUT2D eigenvalue weighted by molar-refractivity contribution is 9.10. The van der Waals surface area contributed by atoms with Gasteiger partial charge in [-0.2, -0.15) is 0 Å². The molecule has 1 aromatic heterocycles. The van der Waals surface area contributed by atoms with Gasteiger partial charge >= 0.3 is 0 Å². The highest BCUT2D eigenvalue weighted by Gasteiger charge is 2.13. The molecule has 1 heterocycles. The van der Waals surface area contributed by atoms with E-state index < -0.39 is 0 Å². The number of halogens is 1. The molecule has 0 aliphatic carbocycles. The van der Waals surface area contributed by atoms with E-state index in [1.54, 1.807) is 18.0 Å². The lowest BCUT2D eigenvalue weighted by Gasteiger charge is -2.16. The number of hydrogen-bond acceptors (Lipinski definition) is 4. The van der Waals surface area contributed by atoms with E-state index in [9.17, 15) is 0 Å². The van der Waals surface area contributed by atoms with Crippen LogP contribution in [0.4, 0.5) is 0 Å². The predicted octanol–water partition coefficient (Wildman–Crippen LogP) is 4.57. The minimum absolute atomic E-state index is 0.293. The SMILES string of the molecule is CCNC(C)c1cc(Br)ccc1Sc1nc(C)co1. The van der Waals surface area contributed by atoms with Crippen LogP contribution in [0.15, 0.2) is 43.5 Å². The first kappa shape index (κ1) is 14.6. The van der Waals surface area contributed by atoms with Crippen LogP contribution in [0.25, 0.3) is 0 Å². The Bertz CT molecular complexity index is 556. The summed E-state index contributed by atoms with van der Waals surface area (Å²) in [6.45, 7) is 7.14. The fourth-order valence-corrected chi connectivity index (χ4v) is 3.18. The standard InChI is InChI=1S/C14H17BrN2OS/c1-4-16-10(3)12-7-11(15)5-6-13(12)19-14-17-9(2)8-18-14/h5-8,10,16H,4H2,1-3H3. The van der Waals surface area contributed by atoms with Crippen molar-refractivity contribution >= 4 is 27.7 Å². The average Bonchev–Trinajstić information content (AvgIpc) is 2.77. The molecule has 0 aliphatic rings. The van der Waals surface area contributed by atoms with Crippen LogP contribution in [0.5, 0.6) is 0 Å². The Hall–Kier alpha value is -0.780. The third-order valence-corrected chi connectivity index (χ3v) is 4.19. The second kappa shape index (κ2) is 6.59. The van der Waals surface area contributed by atoms with Crippen LogP contribution >= 0.6 is 27.7 Å². The summed E-state index contributed by atoms with van der Waals surface area (Å²) in [5.74, 6) is 0. The third kappa shape index (κ3) is 3.84. The number of benzene rings is 1. The molecule has 5 heteroatoms. The van der Waals surface area contributed by atoms with Gasteiger partial charge < -0.3 is 9.73 Å². The lowest BCUT2D eigenvalue weighted by atomic mass is 10.1. The number of aryl methyl sites for hydroxylation is 1. The summed E-state index contributed by atoms with van der Waals surface area (Å²) < 4.78 is 6.50. The van der Waals surface area contributed by atoms with Crippen molar-refractivity contribution in [3.8, 4) is 0 Å². The van der Waals surface area contributed by atoms with Crippen LogP contribution in [-0.4, -0.2) is 11.5 Å². The summed E-state index contributed by atoms with van der Waals surface area (Å²) in [4.78, 5) is 5.50. The Balaban J connectivity index is 2.28. The second-order valence-corrected chi connectivity index (χ2v) is 6.23. The van der Waals surface area contributed by atoms with Gasteiger partial charge in [0, 0.05) is 15.4 Å². The summed E-state index contributed by atoms with van der Waals surface area (Å²) in [7, 11) is 0. The maximum absolute atomic E-state index is 5.41. The van der Waals surface area contributed by atoms with Gasteiger partial charge in [-0.05, 0) is 55.9 Å². The monoisotopic (exact) mass is 340 g/mol. The van der Waals surface area contributed by atoms with Gasteiger partial charge in [0.1, 0.15) is 6.26 Å². The van der Waals surface area contributed by atoms with Crippen LogP contribution in [0, 0.1) is 6.92 Å². The van der Waals surface area contributed by atoms with Crippen molar-refractivity contribution in [3.05, 3.63) is 40.2 Å². The van der Waals surface area contributed by atoms with Gasteiger partial charge in [0.15, 0.2) is 0 Å². The molecule has 0 fully saturated rings. The van der Waals surface area contributed by atoms with E-state index in [1.807, 2.05) is 13.0 Å². The van der Waals surface area contributed by atoms with E-state index in [0.29, 0.717) is 11.3 Å². The van der Waals surface area contributed by atoms with Crippen molar-refractivity contribution in [2.45, 2.75) is 36.9 Å². The summed E-state index contributed by atoms with van der Waals surface area (Å²) in [5.41, 5.74) is 2.15. The molecule has 0 spiro atoms. The molecule has 0 saturated heterocycles. The molecule has 0 bridgehead atoms. The van der Waals surface area contributed by atoms with Crippen molar-refractivity contribution in [3.63, 3.8) is 0 Å². The van der Waals surface area contributed by atoms with Crippen molar-refractivity contribution in [2.75, 3.05) is 6.54 Å². The molecule has 1 unspecified atom stereocenters. The molecule has 1 atom stereocenters. The zero-order valence-electron chi connectivity index (χ0n) is 11.2. The molecule has 19 heavy (non-hydrogen) atoms. The fourth-order valence-electron chi connectivity index (χ4n) is 1.84. The highest BCUT2D eigenvalue weighted by Crippen LogP contribution is 2.34. The molecule has 1 N–H and O–H groups in total. The lowest BCUT2D eigenvalue weighted by molar-refractivity contribution is 0.454. The molecule has 2 rings (SSSR count). The molecule has 2 aromatic rings. The van der Waals surface area contributed by atoms with Gasteiger partial charge in [-0.25, -0.2) is 4.98 Å². The number of rotatable bonds is 5. The normalized spacial score (nSPS) is 12.6. The van der Waals surface area contributed by atoms with Crippen LogP contribution in [0.1, 0.15) is 31.1 Å². The van der Waals surface area contributed by atoms with Crippen molar-refractivity contribution in [1.29, 1.82) is 0 Å². The predicted molar refractivity (Wildman–Crippen MR) is 81.6 cm³/mol. The first-order valence-corrected chi connectivity index (χ1v) is 7.84. The van der Waals surface area contributed by atoms with Crippen molar-refractivity contribution < 1.29 is 4.42 Å². The fraction of sp³-hybridized carbons (Fsp3) is 0.357. The molecule has 0 amide bonds. The second-order valence-electron chi connectivity index (χ2n) is 4.32. The minimum atomic E-state index is 0.293. The smallest absolute Gasteiger partial charge is 0.260 e. The van der Waals surface area contributed by atoms with Gasteiger partial charge in [-0.1, -0.05) is 22.9 Å². The Morgan fingerprint density at radius 1 is 1.47 bits per heavy atom. The zero-order valence-corrected chi connectivity index (χ0v) is 13.6. The van der Waals surface area contributed by atoms with Crippen molar-refractivity contribution in [2.24, 2.45) is 0 Å². The van der Waals surface area contributed by atoms with E-state index in [4.69, 9.17) is 4.42 Å². The average molecular weight is 341 g/mol. The van der Waals surface area contributed by atoms with Gasteiger partial charge in [0.25, 0.3) is 5.22 Å². The number of aromatic nitrogens is 1. The summed E-state index contributed by atoms with van der Waals surface area (Å²) in [5, 5.41) is 4.12. The molecule has 3 nitrogen and oxygen atoms in total.